The van der Waals surface area contributed by atoms with Crippen molar-refractivity contribution in [2.24, 2.45) is 22.7 Å². The number of nitrogens with one attached hydrogen (secondary N) is 2. The van der Waals surface area contributed by atoms with Crippen LogP contribution in [0.4, 0.5) is 0 Å². The summed E-state index contributed by atoms with van der Waals surface area (Å²) in [7, 11) is 0. The number of halogens is 1. The highest BCUT2D eigenvalue weighted by atomic mass is 127. The molecule has 1 saturated heterocycles. The maximum Gasteiger partial charge on any atom is 0.191 e. The van der Waals surface area contributed by atoms with Crippen LogP contribution < -0.4 is 10.6 Å². The van der Waals surface area contributed by atoms with Crippen LogP contribution in [0.1, 0.15) is 59.8 Å². The summed E-state index contributed by atoms with van der Waals surface area (Å²) in [5.74, 6) is 2.94. The number of hydrogen-bond acceptors (Lipinski definition) is 3. The van der Waals surface area contributed by atoms with E-state index in [1.54, 1.807) is 0 Å². The summed E-state index contributed by atoms with van der Waals surface area (Å²) < 4.78 is 0. The average molecular weight is 482 g/mol. The first-order chi connectivity index (χ1) is 12.0. The number of aliphatic imine (C=N–C) groups is 1. The second-order valence-corrected chi connectivity index (χ2v) is 8.03. The quantitative estimate of drug-likeness (QED) is 0.183. The third-order valence-electron chi connectivity index (χ3n) is 5.01. The molecule has 1 heterocycles. The van der Waals surface area contributed by atoms with Crippen LogP contribution in [-0.4, -0.2) is 61.8 Å². The fourth-order valence-electron chi connectivity index (χ4n) is 3.49. The van der Waals surface area contributed by atoms with Crippen molar-refractivity contribution in [3.8, 4) is 0 Å². The fourth-order valence-corrected chi connectivity index (χ4v) is 3.49. The minimum Gasteiger partial charge on any atom is -0.396 e. The molecule has 0 aromatic carbocycles. The molecule has 1 aliphatic rings. The van der Waals surface area contributed by atoms with Crippen LogP contribution in [0.5, 0.6) is 0 Å². The van der Waals surface area contributed by atoms with Crippen LogP contribution in [0.2, 0.25) is 0 Å². The van der Waals surface area contributed by atoms with Crippen molar-refractivity contribution in [3.63, 3.8) is 0 Å². The summed E-state index contributed by atoms with van der Waals surface area (Å²) in [6, 6.07) is 0. The smallest absolute Gasteiger partial charge is 0.191 e. The predicted molar refractivity (Wildman–Crippen MR) is 123 cm³/mol. The van der Waals surface area contributed by atoms with E-state index in [4.69, 9.17) is 4.99 Å². The zero-order chi connectivity index (χ0) is 18.5. The second-order valence-electron chi connectivity index (χ2n) is 8.03. The highest BCUT2D eigenvalue weighted by Crippen LogP contribution is 2.16. The van der Waals surface area contributed by atoms with Gasteiger partial charge in [0.2, 0.25) is 0 Å². The first-order valence-corrected chi connectivity index (χ1v) is 10.4. The zero-order valence-electron chi connectivity index (χ0n) is 17.5. The van der Waals surface area contributed by atoms with E-state index in [0.29, 0.717) is 11.8 Å². The lowest BCUT2D eigenvalue weighted by molar-refractivity contribution is 0.191. The molecule has 0 spiro atoms. The van der Waals surface area contributed by atoms with E-state index in [-0.39, 0.29) is 30.6 Å². The number of likely N-dealkylation sites (tertiary alicyclic amines) is 1. The van der Waals surface area contributed by atoms with Crippen LogP contribution >= 0.6 is 24.0 Å². The van der Waals surface area contributed by atoms with E-state index in [2.05, 4.69) is 43.2 Å². The lowest BCUT2D eigenvalue weighted by atomic mass is 9.94. The van der Waals surface area contributed by atoms with Crippen molar-refractivity contribution in [2.45, 2.75) is 59.8 Å². The Morgan fingerprint density at radius 1 is 1.23 bits per heavy atom. The van der Waals surface area contributed by atoms with Crippen molar-refractivity contribution >= 4 is 29.9 Å². The highest BCUT2D eigenvalue weighted by molar-refractivity contribution is 14.0. The van der Waals surface area contributed by atoms with Gasteiger partial charge in [-0.1, -0.05) is 20.8 Å². The first kappa shape index (κ1) is 25.9. The van der Waals surface area contributed by atoms with Gasteiger partial charge in [0, 0.05) is 26.2 Å². The SMILES string of the molecule is CCNC(=NCC(CCO)CC(C)C)NCCCN1CCC(C)CC1.I. The third-order valence-corrected chi connectivity index (χ3v) is 5.01. The molecule has 1 atom stereocenters. The summed E-state index contributed by atoms with van der Waals surface area (Å²) in [5, 5.41) is 16.1. The molecule has 0 amide bonds. The number of hydrogen-bond donors (Lipinski definition) is 3. The maximum absolute atomic E-state index is 9.25. The summed E-state index contributed by atoms with van der Waals surface area (Å²) in [6.45, 7) is 15.5. The minimum atomic E-state index is 0. The minimum absolute atomic E-state index is 0. The number of rotatable bonds is 11. The fraction of sp³-hybridized carbons (Fsp3) is 0.950. The lowest BCUT2D eigenvalue weighted by Crippen LogP contribution is -2.40. The Bertz CT molecular complexity index is 358. The van der Waals surface area contributed by atoms with Gasteiger partial charge in [-0.25, -0.2) is 0 Å². The molecule has 5 nitrogen and oxygen atoms in total. The number of piperidine rings is 1. The molecule has 1 rings (SSSR count). The van der Waals surface area contributed by atoms with E-state index < -0.39 is 0 Å². The zero-order valence-corrected chi connectivity index (χ0v) is 19.8. The van der Waals surface area contributed by atoms with Crippen molar-refractivity contribution in [1.29, 1.82) is 0 Å². The molecule has 0 aliphatic carbocycles. The second kappa shape index (κ2) is 15.9. The highest BCUT2D eigenvalue weighted by Gasteiger charge is 2.15. The Morgan fingerprint density at radius 3 is 2.50 bits per heavy atom. The van der Waals surface area contributed by atoms with Gasteiger partial charge in [-0.05, 0) is 76.4 Å². The molecule has 0 saturated carbocycles. The Balaban J connectivity index is 0.00000625. The molecule has 0 aromatic rings. The van der Waals surface area contributed by atoms with Crippen LogP contribution in [0.3, 0.4) is 0 Å². The van der Waals surface area contributed by atoms with Gasteiger partial charge in [0.25, 0.3) is 0 Å². The molecule has 0 radical (unpaired) electrons. The van der Waals surface area contributed by atoms with Gasteiger partial charge in [0.05, 0.1) is 0 Å². The molecule has 1 fully saturated rings. The van der Waals surface area contributed by atoms with E-state index >= 15 is 0 Å². The molecule has 156 valence electrons. The van der Waals surface area contributed by atoms with Gasteiger partial charge in [-0.3, -0.25) is 4.99 Å². The summed E-state index contributed by atoms with van der Waals surface area (Å²) in [4.78, 5) is 7.34. The standard InChI is InChI=1S/C20H42N4O.HI/c1-5-21-20(23-16-19(9-14-25)15-17(2)3)22-10-6-11-24-12-7-18(4)8-13-24;/h17-19,25H,5-16H2,1-4H3,(H2,21,22,23);1H. The predicted octanol–water partition coefficient (Wildman–Crippen LogP) is 3.33. The van der Waals surface area contributed by atoms with Gasteiger partial charge in [0.15, 0.2) is 5.96 Å². The van der Waals surface area contributed by atoms with Crippen molar-refractivity contribution in [2.75, 3.05) is 45.9 Å². The topological polar surface area (TPSA) is 59.9 Å². The van der Waals surface area contributed by atoms with Crippen LogP contribution in [-0.2, 0) is 0 Å². The largest absolute Gasteiger partial charge is 0.396 e. The third kappa shape index (κ3) is 12.3. The first-order valence-electron chi connectivity index (χ1n) is 10.4. The molecular formula is C20H43IN4O. The van der Waals surface area contributed by atoms with Crippen molar-refractivity contribution in [3.05, 3.63) is 0 Å². The van der Waals surface area contributed by atoms with Gasteiger partial charge < -0.3 is 20.6 Å². The molecule has 6 heteroatoms. The lowest BCUT2D eigenvalue weighted by Gasteiger charge is -2.30. The molecule has 3 N–H and O–H groups in total. The summed E-state index contributed by atoms with van der Waals surface area (Å²) in [6.07, 6.45) is 5.81. The van der Waals surface area contributed by atoms with Gasteiger partial charge >= 0.3 is 0 Å². The molecule has 26 heavy (non-hydrogen) atoms. The monoisotopic (exact) mass is 482 g/mol. The normalized spacial score (nSPS) is 17.8. The maximum atomic E-state index is 9.25. The Hall–Kier alpha value is -0.0800. The summed E-state index contributed by atoms with van der Waals surface area (Å²) in [5.41, 5.74) is 0. The van der Waals surface area contributed by atoms with Crippen LogP contribution in [0.25, 0.3) is 0 Å². The average Bonchev–Trinajstić information content (AvgIpc) is 2.57. The Morgan fingerprint density at radius 2 is 1.92 bits per heavy atom. The number of aliphatic hydroxyl groups is 1. The van der Waals surface area contributed by atoms with Crippen LogP contribution in [0, 0.1) is 17.8 Å². The van der Waals surface area contributed by atoms with Gasteiger partial charge in [-0.15, -0.1) is 24.0 Å². The van der Waals surface area contributed by atoms with Gasteiger partial charge in [-0.2, -0.15) is 0 Å². The van der Waals surface area contributed by atoms with Gasteiger partial charge in [0.1, 0.15) is 0 Å². The molecular weight excluding hydrogens is 439 g/mol. The summed E-state index contributed by atoms with van der Waals surface area (Å²) >= 11 is 0. The van der Waals surface area contributed by atoms with E-state index in [9.17, 15) is 5.11 Å². The van der Waals surface area contributed by atoms with E-state index in [0.717, 1.165) is 50.8 Å². The molecule has 0 aromatic heterocycles. The van der Waals surface area contributed by atoms with Crippen molar-refractivity contribution in [1.82, 2.24) is 15.5 Å². The number of guanidine groups is 1. The Labute approximate surface area is 178 Å². The molecule has 0 bridgehead atoms. The van der Waals surface area contributed by atoms with E-state index in [1.165, 1.54) is 32.5 Å². The molecule has 1 aliphatic heterocycles. The van der Waals surface area contributed by atoms with E-state index in [1.807, 2.05) is 0 Å². The number of nitrogens with zero attached hydrogens (tertiary/aromatic N) is 2. The van der Waals surface area contributed by atoms with Crippen LogP contribution in [0.15, 0.2) is 4.99 Å². The number of aliphatic hydroxyl groups excluding tert-OH is 1. The molecule has 1 unspecified atom stereocenters. The Kier molecular flexibility index (Phi) is 15.9. The van der Waals surface area contributed by atoms with Crippen molar-refractivity contribution < 1.29 is 5.11 Å².